The summed E-state index contributed by atoms with van der Waals surface area (Å²) >= 11 is 6.25. The lowest BCUT2D eigenvalue weighted by Gasteiger charge is -2.27. The summed E-state index contributed by atoms with van der Waals surface area (Å²) in [4.78, 5) is 17.5. The molecule has 0 aliphatic heterocycles. The van der Waals surface area contributed by atoms with Crippen molar-refractivity contribution in [1.82, 2.24) is 4.98 Å². The maximum Gasteiger partial charge on any atom is 0.233 e. The topological polar surface area (TPSA) is 109 Å². The molecule has 1 aromatic heterocycles. The van der Waals surface area contributed by atoms with Crippen molar-refractivity contribution in [2.24, 2.45) is 11.1 Å². The van der Waals surface area contributed by atoms with Crippen LogP contribution >= 0.6 is 11.6 Å². The first-order valence-corrected chi connectivity index (χ1v) is 12.4. The van der Waals surface area contributed by atoms with Gasteiger partial charge in [0, 0.05) is 12.5 Å². The highest BCUT2D eigenvalue weighted by Crippen LogP contribution is 2.35. The Balaban J connectivity index is 1.87. The molecule has 0 radical (unpaired) electrons. The van der Waals surface area contributed by atoms with Gasteiger partial charge < -0.3 is 10.5 Å². The molecule has 1 fully saturated rings. The standard InChI is InChI=1S/C22H26ClN3O4S/c1-14-3-10-21(24-13-14)25-22(27)18(11-15-4-7-17(26-28)8-5-15)16-6-9-20(19(23)12-16)31(2,29)30/h3,6,9-10,12-13,15,18,28H,4-5,7-8,11H2,1-2H3,(H,24,25,27). The maximum absolute atomic E-state index is 13.2. The fourth-order valence-corrected chi connectivity index (χ4v) is 5.20. The molecule has 1 unspecified atom stereocenters. The van der Waals surface area contributed by atoms with Crippen LogP contribution in [0.2, 0.25) is 5.02 Å². The fraction of sp³-hybridized carbons (Fsp3) is 0.409. The number of carbonyl (C=O) groups excluding carboxylic acids is 1. The number of carbonyl (C=O) groups is 1. The number of oxime groups is 1. The first-order chi connectivity index (χ1) is 14.7. The second-order valence-corrected chi connectivity index (χ2v) is 10.5. The Labute approximate surface area is 187 Å². The summed E-state index contributed by atoms with van der Waals surface area (Å²) in [7, 11) is -3.46. The van der Waals surface area contributed by atoms with E-state index in [0.717, 1.165) is 30.4 Å². The maximum atomic E-state index is 13.2. The second-order valence-electron chi connectivity index (χ2n) is 8.07. The van der Waals surface area contributed by atoms with Gasteiger partial charge in [-0.15, -0.1) is 0 Å². The molecule has 0 saturated heterocycles. The second kappa shape index (κ2) is 9.78. The zero-order valence-corrected chi connectivity index (χ0v) is 19.1. The van der Waals surface area contributed by atoms with Crippen molar-refractivity contribution in [3.63, 3.8) is 0 Å². The predicted octanol–water partition coefficient (Wildman–Crippen LogP) is 4.58. The van der Waals surface area contributed by atoms with E-state index in [4.69, 9.17) is 16.8 Å². The van der Waals surface area contributed by atoms with E-state index in [9.17, 15) is 13.2 Å². The lowest BCUT2D eigenvalue weighted by atomic mass is 9.79. The number of anilines is 1. The average molecular weight is 464 g/mol. The number of nitrogens with one attached hydrogen (secondary N) is 1. The number of hydrogen-bond acceptors (Lipinski definition) is 6. The molecule has 0 spiro atoms. The smallest absolute Gasteiger partial charge is 0.233 e. The summed E-state index contributed by atoms with van der Waals surface area (Å²) in [6, 6.07) is 8.28. The Kier molecular flexibility index (Phi) is 7.33. The Hall–Kier alpha value is -2.45. The molecule has 3 rings (SSSR count). The molecule has 1 amide bonds. The van der Waals surface area contributed by atoms with Crippen LogP contribution < -0.4 is 5.32 Å². The Morgan fingerprint density at radius 2 is 2.00 bits per heavy atom. The van der Waals surface area contributed by atoms with E-state index in [0.29, 0.717) is 30.6 Å². The number of nitrogens with zero attached hydrogens (tertiary/aromatic N) is 2. The van der Waals surface area contributed by atoms with E-state index in [1.54, 1.807) is 24.4 Å². The van der Waals surface area contributed by atoms with Crippen LogP contribution in [0, 0.1) is 12.8 Å². The van der Waals surface area contributed by atoms with Gasteiger partial charge in [0.1, 0.15) is 5.82 Å². The van der Waals surface area contributed by atoms with Crippen molar-refractivity contribution in [3.05, 3.63) is 52.7 Å². The highest BCUT2D eigenvalue weighted by atomic mass is 35.5. The van der Waals surface area contributed by atoms with Crippen LogP contribution in [-0.2, 0) is 14.6 Å². The number of sulfone groups is 1. The Morgan fingerprint density at radius 1 is 1.29 bits per heavy atom. The summed E-state index contributed by atoms with van der Waals surface area (Å²) in [6.45, 7) is 1.92. The predicted molar refractivity (Wildman–Crippen MR) is 121 cm³/mol. The molecular weight excluding hydrogens is 438 g/mol. The molecule has 0 bridgehead atoms. The van der Waals surface area contributed by atoms with Crippen molar-refractivity contribution < 1.29 is 18.4 Å². The summed E-state index contributed by atoms with van der Waals surface area (Å²) in [5, 5.41) is 15.3. The molecule has 1 saturated carbocycles. The number of halogens is 1. The normalized spacial score (nSPS) is 17.8. The molecule has 2 N–H and O–H groups in total. The summed E-state index contributed by atoms with van der Waals surface area (Å²) < 4.78 is 23.8. The monoisotopic (exact) mass is 463 g/mol. The average Bonchev–Trinajstić information content (AvgIpc) is 2.73. The van der Waals surface area contributed by atoms with E-state index < -0.39 is 15.8 Å². The number of hydrogen-bond donors (Lipinski definition) is 2. The van der Waals surface area contributed by atoms with Crippen molar-refractivity contribution in [2.45, 2.75) is 49.8 Å². The van der Waals surface area contributed by atoms with Crippen LogP contribution in [0.3, 0.4) is 0 Å². The molecule has 1 aliphatic rings. The van der Waals surface area contributed by atoms with Gasteiger partial charge in [-0.3, -0.25) is 4.79 Å². The zero-order chi connectivity index (χ0) is 22.6. The zero-order valence-electron chi connectivity index (χ0n) is 17.5. The number of pyridine rings is 1. The summed E-state index contributed by atoms with van der Waals surface area (Å²) in [5.41, 5.74) is 2.42. The molecule has 9 heteroatoms. The highest BCUT2D eigenvalue weighted by molar-refractivity contribution is 7.90. The summed E-state index contributed by atoms with van der Waals surface area (Å²) in [5.74, 6) is -0.0219. The van der Waals surface area contributed by atoms with Crippen LogP contribution in [0.25, 0.3) is 0 Å². The molecule has 31 heavy (non-hydrogen) atoms. The third-order valence-corrected chi connectivity index (χ3v) is 7.21. The van der Waals surface area contributed by atoms with E-state index >= 15 is 0 Å². The SMILES string of the molecule is Cc1ccc(NC(=O)C(CC2CCC(=NO)CC2)c2ccc(S(C)(=O)=O)c(Cl)c2)nc1. The number of aryl methyl sites for hydroxylation is 1. The van der Waals surface area contributed by atoms with Gasteiger partial charge in [0.25, 0.3) is 0 Å². The van der Waals surface area contributed by atoms with Crippen molar-refractivity contribution in [2.75, 3.05) is 11.6 Å². The lowest BCUT2D eigenvalue weighted by Crippen LogP contribution is -2.26. The number of benzene rings is 1. The Bertz CT molecular complexity index is 1070. The van der Waals surface area contributed by atoms with E-state index in [-0.39, 0.29) is 21.7 Å². The van der Waals surface area contributed by atoms with Crippen molar-refractivity contribution >= 4 is 38.9 Å². The molecule has 1 aromatic carbocycles. The molecule has 166 valence electrons. The summed E-state index contributed by atoms with van der Waals surface area (Å²) in [6.07, 6.45) is 6.39. The fourth-order valence-electron chi connectivity index (χ4n) is 3.86. The first-order valence-electron chi connectivity index (χ1n) is 10.1. The number of rotatable bonds is 6. The molecule has 1 atom stereocenters. The van der Waals surface area contributed by atoms with Crippen LogP contribution in [0.15, 0.2) is 46.6 Å². The van der Waals surface area contributed by atoms with E-state index in [1.165, 1.54) is 6.07 Å². The van der Waals surface area contributed by atoms with Gasteiger partial charge in [-0.05, 0) is 74.3 Å². The Morgan fingerprint density at radius 3 is 2.55 bits per heavy atom. The van der Waals surface area contributed by atoms with Crippen LogP contribution in [-0.4, -0.2) is 36.5 Å². The van der Waals surface area contributed by atoms with E-state index in [1.807, 2.05) is 13.0 Å². The third-order valence-electron chi connectivity index (χ3n) is 5.63. The van der Waals surface area contributed by atoms with Gasteiger partial charge in [0.05, 0.1) is 21.5 Å². The number of aromatic nitrogens is 1. The minimum Gasteiger partial charge on any atom is -0.411 e. The minimum atomic E-state index is -3.46. The van der Waals surface area contributed by atoms with Crippen LogP contribution in [0.5, 0.6) is 0 Å². The lowest BCUT2D eigenvalue weighted by molar-refractivity contribution is -0.118. The van der Waals surface area contributed by atoms with E-state index in [2.05, 4.69) is 15.5 Å². The van der Waals surface area contributed by atoms with Gasteiger partial charge in [-0.2, -0.15) is 0 Å². The van der Waals surface area contributed by atoms with Gasteiger partial charge in [-0.1, -0.05) is 28.9 Å². The number of amides is 1. The first kappa shape index (κ1) is 23.2. The van der Waals surface area contributed by atoms with Crippen molar-refractivity contribution in [3.8, 4) is 0 Å². The van der Waals surface area contributed by atoms with Crippen LogP contribution in [0.4, 0.5) is 5.82 Å². The van der Waals surface area contributed by atoms with Crippen LogP contribution in [0.1, 0.15) is 49.1 Å². The molecule has 1 aliphatic carbocycles. The van der Waals surface area contributed by atoms with Gasteiger partial charge in [-0.25, -0.2) is 13.4 Å². The molecule has 7 nitrogen and oxygen atoms in total. The third kappa shape index (κ3) is 6.04. The van der Waals surface area contributed by atoms with Gasteiger partial charge >= 0.3 is 0 Å². The van der Waals surface area contributed by atoms with Gasteiger partial charge in [0.2, 0.25) is 5.91 Å². The highest BCUT2D eigenvalue weighted by Gasteiger charge is 2.28. The van der Waals surface area contributed by atoms with Crippen molar-refractivity contribution in [1.29, 1.82) is 0 Å². The largest absolute Gasteiger partial charge is 0.411 e. The van der Waals surface area contributed by atoms with Gasteiger partial charge in [0.15, 0.2) is 9.84 Å². The quantitative estimate of drug-likeness (QED) is 0.481. The molecule has 1 heterocycles. The molecule has 2 aromatic rings. The molecular formula is C22H26ClN3O4S. The minimum absolute atomic E-state index is 0.0405.